The van der Waals surface area contributed by atoms with Crippen molar-refractivity contribution in [2.45, 2.75) is 43.1 Å². The van der Waals surface area contributed by atoms with Crippen molar-refractivity contribution in [2.75, 3.05) is 23.4 Å². The van der Waals surface area contributed by atoms with Crippen molar-refractivity contribution in [2.24, 2.45) is 0 Å². The third-order valence-corrected chi connectivity index (χ3v) is 13.4. The van der Waals surface area contributed by atoms with Crippen LogP contribution >= 0.6 is 31.4 Å². The molecule has 1 atom stereocenters. The maximum atomic E-state index is 3.98. The molecular formula is C34H38NPS2. The van der Waals surface area contributed by atoms with Gasteiger partial charge in [0.25, 0.3) is 0 Å². The highest BCUT2D eigenvalue weighted by atomic mass is 32.2. The Labute approximate surface area is 239 Å². The molecule has 5 rings (SSSR count). The molecule has 0 radical (unpaired) electrons. The molecule has 196 valence electrons. The third kappa shape index (κ3) is 5.86. The summed E-state index contributed by atoms with van der Waals surface area (Å²) in [5.74, 6) is 2.56. The Balaban J connectivity index is 1.65. The molecule has 0 saturated carbocycles. The van der Waals surface area contributed by atoms with Gasteiger partial charge in [-0.2, -0.15) is 0 Å². The SMILES string of the molecule is C=C/C=C\C1=C(P(c2ccccc2)c2ccccc2)[C@@](C)(c2c(C)cccc2NCC2SCCCS2)CC1. The van der Waals surface area contributed by atoms with Crippen molar-refractivity contribution in [3.63, 3.8) is 0 Å². The van der Waals surface area contributed by atoms with E-state index in [0.717, 1.165) is 19.4 Å². The van der Waals surface area contributed by atoms with Gasteiger partial charge in [0, 0.05) is 17.6 Å². The maximum absolute atomic E-state index is 3.98. The van der Waals surface area contributed by atoms with E-state index < -0.39 is 7.92 Å². The van der Waals surface area contributed by atoms with Crippen LogP contribution in [0.5, 0.6) is 0 Å². The van der Waals surface area contributed by atoms with Gasteiger partial charge in [-0.3, -0.25) is 0 Å². The Morgan fingerprint density at radius 3 is 2.24 bits per heavy atom. The van der Waals surface area contributed by atoms with Gasteiger partial charge in [-0.1, -0.05) is 105 Å². The average Bonchev–Trinajstić information content (AvgIpc) is 3.28. The van der Waals surface area contributed by atoms with Crippen LogP contribution in [0.2, 0.25) is 0 Å². The van der Waals surface area contributed by atoms with Gasteiger partial charge in [-0.05, 0) is 84.3 Å². The molecule has 0 unspecified atom stereocenters. The molecule has 0 spiro atoms. The number of hydrogen-bond donors (Lipinski definition) is 1. The summed E-state index contributed by atoms with van der Waals surface area (Å²) < 4.78 is 0.625. The summed E-state index contributed by atoms with van der Waals surface area (Å²) in [7, 11) is -0.708. The molecule has 0 amide bonds. The van der Waals surface area contributed by atoms with E-state index in [2.05, 4.69) is 140 Å². The monoisotopic (exact) mass is 555 g/mol. The molecule has 1 aliphatic heterocycles. The minimum absolute atomic E-state index is 0.0707. The molecule has 1 aliphatic carbocycles. The summed E-state index contributed by atoms with van der Waals surface area (Å²) >= 11 is 4.22. The van der Waals surface area contributed by atoms with Gasteiger partial charge in [-0.25, -0.2) is 0 Å². The zero-order chi connectivity index (χ0) is 26.4. The quantitative estimate of drug-likeness (QED) is 0.209. The fourth-order valence-electron chi connectivity index (χ4n) is 5.91. The van der Waals surface area contributed by atoms with Crippen LogP contribution in [0.3, 0.4) is 0 Å². The number of benzene rings is 3. The second kappa shape index (κ2) is 12.8. The minimum atomic E-state index is -0.708. The van der Waals surface area contributed by atoms with Crippen LogP contribution in [0.25, 0.3) is 0 Å². The highest BCUT2D eigenvalue weighted by molar-refractivity contribution is 8.17. The molecule has 1 nitrogen and oxygen atoms in total. The Bertz CT molecular complexity index is 1260. The van der Waals surface area contributed by atoms with Gasteiger partial charge in [0.15, 0.2) is 0 Å². The molecule has 1 heterocycles. The summed E-state index contributed by atoms with van der Waals surface area (Å²) in [4.78, 5) is 0. The van der Waals surface area contributed by atoms with Crippen molar-refractivity contribution in [3.8, 4) is 0 Å². The van der Waals surface area contributed by atoms with Gasteiger partial charge in [0.1, 0.15) is 0 Å². The Kier molecular flexibility index (Phi) is 9.20. The molecule has 0 bridgehead atoms. The highest BCUT2D eigenvalue weighted by Gasteiger charge is 2.44. The van der Waals surface area contributed by atoms with E-state index in [9.17, 15) is 0 Å². The summed E-state index contributed by atoms with van der Waals surface area (Å²) in [6, 6.07) is 29.2. The van der Waals surface area contributed by atoms with Gasteiger partial charge in [-0.15, -0.1) is 23.5 Å². The first-order valence-corrected chi connectivity index (χ1v) is 17.1. The molecule has 0 aromatic heterocycles. The molecule has 1 N–H and O–H groups in total. The molecular weight excluding hydrogens is 517 g/mol. The van der Waals surface area contributed by atoms with Crippen molar-refractivity contribution in [1.29, 1.82) is 0 Å². The standard InChI is InChI=1S/C34H38NPS2/c1-4-5-15-27-21-22-34(3,32-26(2)14-12-20-30(32)35-25-31-37-23-13-24-38-31)33(27)36(28-16-8-6-9-17-28)29-18-10-7-11-19-29/h4-12,14-20,31,35H,1,13,21-25H2,2-3H3/b15-5-/t34-/m1/s1. The average molecular weight is 556 g/mol. The Morgan fingerprint density at radius 2 is 1.61 bits per heavy atom. The van der Waals surface area contributed by atoms with Crippen LogP contribution in [0.15, 0.2) is 115 Å². The zero-order valence-corrected chi connectivity index (χ0v) is 25.1. The Hall–Kier alpha value is -2.19. The molecule has 3 aromatic carbocycles. The number of hydrogen-bond acceptors (Lipinski definition) is 3. The molecule has 4 heteroatoms. The summed E-state index contributed by atoms with van der Waals surface area (Å²) in [6.45, 7) is 9.81. The van der Waals surface area contributed by atoms with E-state index in [1.54, 1.807) is 5.31 Å². The van der Waals surface area contributed by atoms with Crippen LogP contribution in [0.4, 0.5) is 5.69 Å². The van der Waals surface area contributed by atoms with Crippen LogP contribution in [0, 0.1) is 6.92 Å². The lowest BCUT2D eigenvalue weighted by Crippen LogP contribution is -2.29. The molecule has 38 heavy (non-hydrogen) atoms. The van der Waals surface area contributed by atoms with Crippen molar-refractivity contribution in [3.05, 3.63) is 126 Å². The van der Waals surface area contributed by atoms with Crippen LogP contribution in [-0.4, -0.2) is 22.6 Å². The second-order valence-corrected chi connectivity index (χ2v) is 15.3. The summed E-state index contributed by atoms with van der Waals surface area (Å²) in [5, 5.41) is 8.35. The molecule has 1 fully saturated rings. The highest BCUT2D eigenvalue weighted by Crippen LogP contribution is 2.61. The van der Waals surface area contributed by atoms with Gasteiger partial charge >= 0.3 is 0 Å². The van der Waals surface area contributed by atoms with Crippen molar-refractivity contribution >= 4 is 47.7 Å². The minimum Gasteiger partial charge on any atom is -0.383 e. The lowest BCUT2D eigenvalue weighted by atomic mass is 9.78. The van der Waals surface area contributed by atoms with Gasteiger partial charge < -0.3 is 5.32 Å². The van der Waals surface area contributed by atoms with Crippen LogP contribution in [0.1, 0.15) is 37.3 Å². The van der Waals surface area contributed by atoms with Crippen LogP contribution < -0.4 is 15.9 Å². The topological polar surface area (TPSA) is 12.0 Å². The fourth-order valence-corrected chi connectivity index (χ4v) is 11.6. The summed E-state index contributed by atoms with van der Waals surface area (Å²) in [5.41, 5.74) is 5.56. The van der Waals surface area contributed by atoms with Crippen molar-refractivity contribution < 1.29 is 0 Å². The first kappa shape index (κ1) is 27.4. The largest absolute Gasteiger partial charge is 0.383 e. The fraction of sp³-hybridized carbons (Fsp3) is 0.294. The lowest BCUT2D eigenvalue weighted by Gasteiger charge is -2.37. The first-order chi connectivity index (χ1) is 18.6. The number of nitrogens with one attached hydrogen (secondary N) is 1. The number of rotatable bonds is 9. The Morgan fingerprint density at radius 1 is 0.947 bits per heavy atom. The van der Waals surface area contributed by atoms with E-state index in [4.69, 9.17) is 0 Å². The van der Waals surface area contributed by atoms with E-state index in [1.165, 1.54) is 50.9 Å². The molecule has 1 saturated heterocycles. The molecule has 2 aliphatic rings. The summed E-state index contributed by atoms with van der Waals surface area (Å²) in [6.07, 6.45) is 9.89. The van der Waals surface area contributed by atoms with Crippen LogP contribution in [-0.2, 0) is 5.41 Å². The van der Waals surface area contributed by atoms with E-state index in [0.29, 0.717) is 4.58 Å². The van der Waals surface area contributed by atoms with Gasteiger partial charge in [0.05, 0.1) is 4.58 Å². The third-order valence-electron chi connectivity index (χ3n) is 7.59. The number of anilines is 1. The van der Waals surface area contributed by atoms with Crippen molar-refractivity contribution in [1.82, 2.24) is 0 Å². The normalized spacial score (nSPS) is 20.4. The molecule has 3 aromatic rings. The number of aryl methyl sites for hydroxylation is 1. The predicted octanol–water partition coefficient (Wildman–Crippen LogP) is 8.78. The maximum Gasteiger partial charge on any atom is 0.0674 e. The number of allylic oxidation sites excluding steroid dienone is 5. The zero-order valence-electron chi connectivity index (χ0n) is 22.5. The lowest BCUT2D eigenvalue weighted by molar-refractivity contribution is 0.568. The van der Waals surface area contributed by atoms with E-state index in [-0.39, 0.29) is 5.41 Å². The predicted molar refractivity (Wildman–Crippen MR) is 175 cm³/mol. The first-order valence-electron chi connectivity index (χ1n) is 13.6. The number of thioether (sulfide) groups is 2. The smallest absolute Gasteiger partial charge is 0.0674 e. The van der Waals surface area contributed by atoms with E-state index >= 15 is 0 Å². The second-order valence-electron chi connectivity index (χ2n) is 10.2. The van der Waals surface area contributed by atoms with Gasteiger partial charge in [0.2, 0.25) is 0 Å². The van der Waals surface area contributed by atoms with E-state index in [1.807, 2.05) is 6.08 Å².